The summed E-state index contributed by atoms with van der Waals surface area (Å²) in [7, 11) is 2.75. The number of hydrogen-bond acceptors (Lipinski definition) is 4. The van der Waals surface area contributed by atoms with Crippen LogP contribution in [0, 0.1) is 35.5 Å². The molecule has 4 aliphatic rings. The van der Waals surface area contributed by atoms with E-state index >= 15 is 0 Å². The topological polar surface area (TPSA) is 52.6 Å². The van der Waals surface area contributed by atoms with Gasteiger partial charge in [0, 0.05) is 9.65 Å². The minimum Gasteiger partial charge on any atom is -0.469 e. The van der Waals surface area contributed by atoms with Gasteiger partial charge in [-0.3, -0.25) is 9.59 Å². The van der Waals surface area contributed by atoms with Crippen molar-refractivity contribution >= 4 is 43.8 Å². The van der Waals surface area contributed by atoms with Gasteiger partial charge in [0.1, 0.15) is 0 Å². The molecule has 0 spiro atoms. The summed E-state index contributed by atoms with van der Waals surface area (Å²) in [6.45, 7) is 0. The summed E-state index contributed by atoms with van der Waals surface area (Å²) in [5, 5.41) is 0. The molecule has 0 heterocycles. The summed E-state index contributed by atoms with van der Waals surface area (Å²) in [4.78, 5) is 25.0. The molecule has 4 nitrogen and oxygen atoms in total. The van der Waals surface area contributed by atoms with Crippen molar-refractivity contribution in [2.75, 3.05) is 14.2 Å². The highest BCUT2D eigenvalue weighted by Crippen LogP contribution is 2.63. The lowest BCUT2D eigenvalue weighted by Gasteiger charge is -2.61. The van der Waals surface area contributed by atoms with Gasteiger partial charge in [-0.25, -0.2) is 0 Å². The van der Waals surface area contributed by atoms with Crippen LogP contribution in [-0.4, -0.2) is 35.8 Å². The maximum absolute atomic E-state index is 12.2. The van der Waals surface area contributed by atoms with Gasteiger partial charge >= 0.3 is 11.9 Å². The largest absolute Gasteiger partial charge is 0.469 e. The van der Waals surface area contributed by atoms with E-state index in [1.54, 1.807) is 0 Å². The predicted molar refractivity (Wildman–Crippen MR) is 79.5 cm³/mol. The van der Waals surface area contributed by atoms with Crippen LogP contribution in [0.3, 0.4) is 0 Å². The molecule has 0 aromatic heterocycles. The number of carbonyl (C=O) groups excluding carboxylic acids is 2. The van der Waals surface area contributed by atoms with Crippen molar-refractivity contribution in [3.05, 3.63) is 12.2 Å². The van der Waals surface area contributed by atoms with E-state index in [1.807, 2.05) is 0 Å². The Hall–Kier alpha value is -0.360. The summed E-state index contributed by atoms with van der Waals surface area (Å²) < 4.78 is 9.86. The van der Waals surface area contributed by atoms with Crippen molar-refractivity contribution in [1.82, 2.24) is 0 Å². The molecule has 20 heavy (non-hydrogen) atoms. The van der Waals surface area contributed by atoms with Crippen molar-refractivity contribution in [3.8, 4) is 0 Å². The lowest BCUT2D eigenvalue weighted by molar-refractivity contribution is -0.172. The molecule has 8 atom stereocenters. The molecule has 0 unspecified atom stereocenters. The summed E-state index contributed by atoms with van der Waals surface area (Å²) in [5.41, 5.74) is 0. The number of hydrogen-bond donors (Lipinski definition) is 0. The molecule has 0 aliphatic heterocycles. The van der Waals surface area contributed by atoms with E-state index in [4.69, 9.17) is 9.47 Å². The molecule has 6 heteroatoms. The van der Waals surface area contributed by atoms with Crippen LogP contribution in [0.25, 0.3) is 0 Å². The van der Waals surface area contributed by atoms with E-state index in [0.717, 1.165) is 0 Å². The third kappa shape index (κ3) is 1.76. The highest BCUT2D eigenvalue weighted by Gasteiger charge is 2.65. The predicted octanol–water partition coefficient (Wildman–Crippen LogP) is 2.15. The molecule has 0 radical (unpaired) electrons. The number of halogens is 2. The first-order chi connectivity index (χ1) is 9.52. The summed E-state index contributed by atoms with van der Waals surface area (Å²) >= 11 is 7.39. The van der Waals surface area contributed by atoms with Crippen LogP contribution in [-0.2, 0) is 19.1 Å². The van der Waals surface area contributed by atoms with Crippen molar-refractivity contribution in [1.29, 1.82) is 0 Å². The second-order valence-electron chi connectivity index (χ2n) is 5.68. The van der Waals surface area contributed by atoms with E-state index in [1.165, 1.54) is 14.2 Å². The molecular weight excluding hydrogens is 392 g/mol. The van der Waals surface area contributed by atoms with E-state index < -0.39 is 11.8 Å². The van der Waals surface area contributed by atoms with Gasteiger partial charge in [-0.15, -0.1) is 0 Å². The first-order valence-corrected chi connectivity index (χ1v) is 8.48. The van der Waals surface area contributed by atoms with E-state index in [-0.39, 0.29) is 23.8 Å². The van der Waals surface area contributed by atoms with Crippen molar-refractivity contribution in [3.63, 3.8) is 0 Å². The van der Waals surface area contributed by atoms with Crippen LogP contribution < -0.4 is 0 Å². The second kappa shape index (κ2) is 5.13. The van der Waals surface area contributed by atoms with Gasteiger partial charge in [0.25, 0.3) is 0 Å². The molecule has 0 N–H and O–H groups in total. The molecular formula is C14H16Br2O4. The Labute approximate surface area is 134 Å². The monoisotopic (exact) mass is 406 g/mol. The van der Waals surface area contributed by atoms with Gasteiger partial charge in [0.15, 0.2) is 0 Å². The number of fused-ring (bicyclic) bond motifs is 1. The van der Waals surface area contributed by atoms with Gasteiger partial charge < -0.3 is 9.47 Å². The summed E-state index contributed by atoms with van der Waals surface area (Å²) in [6, 6.07) is 0. The van der Waals surface area contributed by atoms with Crippen LogP contribution >= 0.6 is 31.9 Å². The average Bonchev–Trinajstić information content (AvgIpc) is 2.50. The maximum Gasteiger partial charge on any atom is 0.310 e. The number of carbonyl (C=O) groups is 2. The SMILES string of the molecule is COC(=O)[C@@H]1[C@H]2C=C[C@@H]([C@@H]1C(=O)OC)[C@@H]1[C@H](Br)[C@@H](Br)[C@@H]21. The molecule has 110 valence electrons. The molecule has 0 aromatic carbocycles. The van der Waals surface area contributed by atoms with Gasteiger partial charge in [-0.2, -0.15) is 0 Å². The number of rotatable bonds is 2. The number of esters is 2. The molecule has 0 aromatic rings. The smallest absolute Gasteiger partial charge is 0.310 e. The Morgan fingerprint density at radius 1 is 0.850 bits per heavy atom. The number of alkyl halides is 2. The van der Waals surface area contributed by atoms with E-state index in [2.05, 4.69) is 44.0 Å². The molecule has 2 saturated carbocycles. The zero-order chi connectivity index (χ0) is 14.6. The zero-order valence-corrected chi connectivity index (χ0v) is 14.3. The average molecular weight is 408 g/mol. The van der Waals surface area contributed by atoms with Crippen molar-refractivity contribution in [2.45, 2.75) is 9.65 Å². The maximum atomic E-state index is 12.2. The Balaban J connectivity index is 2.00. The lowest BCUT2D eigenvalue weighted by Crippen LogP contribution is -2.66. The van der Waals surface area contributed by atoms with E-state index in [9.17, 15) is 9.59 Å². The van der Waals surface area contributed by atoms with Crippen LogP contribution in [0.5, 0.6) is 0 Å². The first-order valence-electron chi connectivity index (χ1n) is 6.65. The zero-order valence-electron chi connectivity index (χ0n) is 11.2. The fourth-order valence-electron chi connectivity index (χ4n) is 4.23. The van der Waals surface area contributed by atoms with Crippen LogP contribution in [0.4, 0.5) is 0 Å². The quantitative estimate of drug-likeness (QED) is 0.400. The Kier molecular flexibility index (Phi) is 3.73. The normalized spacial score (nSPS) is 48.2. The van der Waals surface area contributed by atoms with Gasteiger partial charge in [0.05, 0.1) is 26.1 Å². The van der Waals surface area contributed by atoms with Crippen molar-refractivity contribution < 1.29 is 19.1 Å². The highest BCUT2D eigenvalue weighted by atomic mass is 79.9. The van der Waals surface area contributed by atoms with Crippen molar-refractivity contribution in [2.24, 2.45) is 35.5 Å². The van der Waals surface area contributed by atoms with E-state index in [0.29, 0.717) is 21.5 Å². The van der Waals surface area contributed by atoms with Gasteiger partial charge in [0.2, 0.25) is 0 Å². The minimum absolute atomic E-state index is 0.0414. The molecule has 4 rings (SSSR count). The summed E-state index contributed by atoms with van der Waals surface area (Å²) in [6.07, 6.45) is 4.17. The first kappa shape index (κ1) is 14.6. The third-order valence-electron chi connectivity index (χ3n) is 5.09. The highest BCUT2D eigenvalue weighted by molar-refractivity contribution is 9.12. The Bertz CT molecular complexity index is 436. The minimum atomic E-state index is -0.427. The van der Waals surface area contributed by atoms with Crippen LogP contribution in [0.1, 0.15) is 0 Å². The Morgan fingerprint density at radius 3 is 1.50 bits per heavy atom. The molecule has 0 amide bonds. The van der Waals surface area contributed by atoms with Crippen LogP contribution in [0.15, 0.2) is 12.2 Å². The fraction of sp³-hybridized carbons (Fsp3) is 0.714. The second-order valence-corrected chi connectivity index (χ2v) is 7.80. The molecule has 0 saturated heterocycles. The number of ether oxygens (including phenoxy) is 2. The fourth-order valence-corrected chi connectivity index (χ4v) is 6.35. The lowest BCUT2D eigenvalue weighted by atomic mass is 9.46. The van der Waals surface area contributed by atoms with Gasteiger partial charge in [-0.05, 0) is 23.7 Å². The molecule has 2 fully saturated rings. The molecule has 2 bridgehead atoms. The van der Waals surface area contributed by atoms with Crippen LogP contribution in [0.2, 0.25) is 0 Å². The number of allylic oxidation sites excluding steroid dienone is 2. The van der Waals surface area contributed by atoms with Gasteiger partial charge in [-0.1, -0.05) is 44.0 Å². The standard InChI is InChI=1S/C14H16Br2O4/c1-19-13(17)9-5-3-4-6(10(9)14(18)20-2)8-7(5)11(15)12(8)16/h3-12H,1-2H3/t5-,6+,7-,8-,9+,10-,11-,12-/m0/s1. The third-order valence-corrected chi connectivity index (χ3v) is 8.16. The molecule has 4 aliphatic carbocycles. The Morgan fingerprint density at radius 2 is 1.20 bits per heavy atom. The number of methoxy groups -OCH3 is 2. The summed E-state index contributed by atoms with van der Waals surface area (Å²) in [5.74, 6) is -0.641.